The minimum Gasteiger partial charge on any atom is -0.351 e. The van der Waals surface area contributed by atoms with Crippen molar-refractivity contribution in [3.63, 3.8) is 0 Å². The minimum atomic E-state index is -0.606. The molecule has 1 aromatic heterocycles. The van der Waals surface area contributed by atoms with Crippen LogP contribution in [0.25, 0.3) is 0 Å². The van der Waals surface area contributed by atoms with Crippen LogP contribution in [0.3, 0.4) is 0 Å². The normalized spacial score (nSPS) is 22.4. The van der Waals surface area contributed by atoms with E-state index in [0.717, 1.165) is 37.4 Å². The van der Waals surface area contributed by atoms with Gasteiger partial charge in [0.1, 0.15) is 11.6 Å². The Balaban J connectivity index is 1.49. The molecule has 1 aliphatic heterocycles. The number of halogens is 2. The molecule has 0 spiro atoms. The topological polar surface area (TPSA) is 70.5 Å². The lowest BCUT2D eigenvalue weighted by atomic mass is 9.70. The van der Waals surface area contributed by atoms with E-state index in [9.17, 15) is 14.0 Å². The van der Waals surface area contributed by atoms with Crippen LogP contribution < -0.4 is 5.32 Å². The summed E-state index contributed by atoms with van der Waals surface area (Å²) in [6, 6.07) is 5.83. The number of aromatic nitrogens is 2. The second-order valence-electron chi connectivity index (χ2n) is 15.3. The van der Waals surface area contributed by atoms with Crippen molar-refractivity contribution in [3.8, 4) is 0 Å². The zero-order valence-corrected chi connectivity index (χ0v) is 28.0. The van der Waals surface area contributed by atoms with Crippen LogP contribution in [-0.2, 0) is 23.2 Å². The Hall–Kier alpha value is -2.81. The third kappa shape index (κ3) is 8.67. The molecule has 2 amide bonds. The van der Waals surface area contributed by atoms with E-state index in [2.05, 4.69) is 49.9 Å². The standard InChI is InChI=1S/C35H53F2N5O2/c1-23(43)39-35(5,6)21-25(20-34(2,3)4)24-12-15-42(16-13-24)33(44)31-19-28(40(7)22-27-11-14-38-41(27)8)18-30(31)29-10-9-26(36)17-32(29)37/h9-11,14,17,24-25,28,30-31H,12-13,15-16,18-22H2,1-8H3,(H,39,43)/t25?,28?,30-,31+/m0/s1. The van der Waals surface area contributed by atoms with Gasteiger partial charge in [0.2, 0.25) is 11.8 Å². The van der Waals surface area contributed by atoms with E-state index in [0.29, 0.717) is 49.9 Å². The van der Waals surface area contributed by atoms with E-state index in [-0.39, 0.29) is 40.6 Å². The first-order chi connectivity index (χ1) is 20.5. The first kappa shape index (κ1) is 34.1. The molecule has 244 valence electrons. The third-order valence-electron chi connectivity index (χ3n) is 9.85. The monoisotopic (exact) mass is 613 g/mol. The minimum absolute atomic E-state index is 0.0158. The van der Waals surface area contributed by atoms with E-state index < -0.39 is 11.6 Å². The van der Waals surface area contributed by atoms with Crippen LogP contribution in [0.5, 0.6) is 0 Å². The molecule has 2 unspecified atom stereocenters. The summed E-state index contributed by atoms with van der Waals surface area (Å²) in [5.74, 6) is -0.914. The molecule has 0 radical (unpaired) electrons. The zero-order chi connectivity index (χ0) is 32.4. The molecule has 2 aromatic rings. The van der Waals surface area contributed by atoms with Gasteiger partial charge in [-0.1, -0.05) is 26.8 Å². The molecule has 4 atom stereocenters. The second kappa shape index (κ2) is 13.7. The number of carbonyl (C=O) groups excluding carboxylic acids is 2. The summed E-state index contributed by atoms with van der Waals surface area (Å²) in [6.45, 7) is 14.6. The van der Waals surface area contributed by atoms with Crippen molar-refractivity contribution in [3.05, 3.63) is 53.4 Å². The number of rotatable bonds is 10. The van der Waals surface area contributed by atoms with Gasteiger partial charge in [0.05, 0.1) is 5.69 Å². The van der Waals surface area contributed by atoms with Crippen molar-refractivity contribution < 1.29 is 18.4 Å². The zero-order valence-electron chi connectivity index (χ0n) is 28.0. The van der Waals surface area contributed by atoms with Crippen molar-refractivity contribution in [1.29, 1.82) is 0 Å². The number of nitrogens with one attached hydrogen (secondary N) is 1. The van der Waals surface area contributed by atoms with Gasteiger partial charge in [-0.05, 0) is 100 Å². The van der Waals surface area contributed by atoms with Crippen LogP contribution in [0.15, 0.2) is 30.5 Å². The van der Waals surface area contributed by atoms with Crippen LogP contribution in [0, 0.1) is 34.8 Å². The van der Waals surface area contributed by atoms with E-state index in [1.165, 1.54) is 12.1 Å². The van der Waals surface area contributed by atoms with Crippen molar-refractivity contribution in [1.82, 2.24) is 24.9 Å². The number of likely N-dealkylation sites (tertiary alicyclic amines) is 1. The van der Waals surface area contributed by atoms with E-state index in [1.807, 2.05) is 29.7 Å². The predicted molar refractivity (Wildman–Crippen MR) is 170 cm³/mol. The number of benzene rings is 1. The molecule has 1 aliphatic carbocycles. The summed E-state index contributed by atoms with van der Waals surface area (Å²) in [4.78, 5) is 30.3. The van der Waals surface area contributed by atoms with Crippen molar-refractivity contribution in [2.24, 2.45) is 30.2 Å². The molecule has 1 aromatic carbocycles. The fourth-order valence-corrected chi connectivity index (χ4v) is 7.93. The number of aryl methyl sites for hydroxylation is 1. The number of amides is 2. The van der Waals surface area contributed by atoms with Gasteiger partial charge < -0.3 is 10.2 Å². The first-order valence-electron chi connectivity index (χ1n) is 16.2. The third-order valence-corrected chi connectivity index (χ3v) is 9.85. The lowest BCUT2D eigenvalue weighted by molar-refractivity contribution is -0.137. The Kier molecular flexibility index (Phi) is 10.6. The molecule has 2 heterocycles. The fourth-order valence-electron chi connectivity index (χ4n) is 7.93. The summed E-state index contributed by atoms with van der Waals surface area (Å²) < 4.78 is 30.8. The highest BCUT2D eigenvalue weighted by Gasteiger charge is 2.44. The van der Waals surface area contributed by atoms with Crippen LogP contribution >= 0.6 is 0 Å². The Bertz CT molecular complexity index is 1290. The lowest BCUT2D eigenvalue weighted by Gasteiger charge is -2.42. The fraction of sp³-hybridized carbons (Fsp3) is 0.686. The van der Waals surface area contributed by atoms with Gasteiger partial charge in [-0.25, -0.2) is 8.78 Å². The van der Waals surface area contributed by atoms with Crippen molar-refractivity contribution in [2.75, 3.05) is 20.1 Å². The molecular weight excluding hydrogens is 560 g/mol. The van der Waals surface area contributed by atoms with Gasteiger partial charge in [0.25, 0.3) is 0 Å². The molecule has 1 N–H and O–H groups in total. The van der Waals surface area contributed by atoms with Gasteiger partial charge in [0.15, 0.2) is 0 Å². The molecule has 1 saturated carbocycles. The maximum Gasteiger partial charge on any atom is 0.226 e. The summed E-state index contributed by atoms with van der Waals surface area (Å²) in [5, 5.41) is 7.41. The smallest absolute Gasteiger partial charge is 0.226 e. The average molecular weight is 614 g/mol. The Labute approximate surface area is 262 Å². The van der Waals surface area contributed by atoms with Gasteiger partial charge >= 0.3 is 0 Å². The van der Waals surface area contributed by atoms with Crippen molar-refractivity contribution in [2.45, 2.75) is 104 Å². The second-order valence-corrected chi connectivity index (χ2v) is 15.3. The van der Waals surface area contributed by atoms with Crippen LogP contribution in [0.4, 0.5) is 8.78 Å². The maximum absolute atomic E-state index is 15.1. The van der Waals surface area contributed by atoms with E-state index in [1.54, 1.807) is 13.1 Å². The molecular formula is C35H53F2N5O2. The average Bonchev–Trinajstić information content (AvgIpc) is 3.53. The van der Waals surface area contributed by atoms with Gasteiger partial charge in [-0.3, -0.25) is 19.2 Å². The first-order valence-corrected chi connectivity index (χ1v) is 16.2. The number of hydrogen-bond donors (Lipinski definition) is 1. The molecule has 44 heavy (non-hydrogen) atoms. The molecule has 9 heteroatoms. The van der Waals surface area contributed by atoms with Gasteiger partial charge in [-0.15, -0.1) is 0 Å². The van der Waals surface area contributed by atoms with Crippen LogP contribution in [0.1, 0.15) is 97.2 Å². The predicted octanol–water partition coefficient (Wildman–Crippen LogP) is 6.29. The lowest BCUT2D eigenvalue weighted by Crippen LogP contribution is -2.47. The summed E-state index contributed by atoms with van der Waals surface area (Å²) >= 11 is 0. The van der Waals surface area contributed by atoms with Gasteiger partial charge in [0, 0.05) is 63.4 Å². The number of hydrogen-bond acceptors (Lipinski definition) is 4. The molecule has 2 aliphatic rings. The highest BCUT2D eigenvalue weighted by atomic mass is 19.1. The van der Waals surface area contributed by atoms with E-state index in [4.69, 9.17) is 0 Å². The number of piperidine rings is 1. The highest BCUT2D eigenvalue weighted by Crippen LogP contribution is 2.45. The van der Waals surface area contributed by atoms with Crippen molar-refractivity contribution >= 4 is 11.8 Å². The Morgan fingerprint density at radius 1 is 1.07 bits per heavy atom. The maximum atomic E-state index is 15.1. The largest absolute Gasteiger partial charge is 0.351 e. The molecule has 1 saturated heterocycles. The quantitative estimate of drug-likeness (QED) is 0.342. The Morgan fingerprint density at radius 3 is 2.32 bits per heavy atom. The summed E-state index contributed by atoms with van der Waals surface area (Å²) in [7, 11) is 3.96. The summed E-state index contributed by atoms with van der Waals surface area (Å²) in [5.41, 5.74) is 1.35. The number of carbonyl (C=O) groups is 2. The molecule has 2 fully saturated rings. The number of nitrogens with zero attached hydrogens (tertiary/aromatic N) is 4. The van der Waals surface area contributed by atoms with Gasteiger partial charge in [-0.2, -0.15) is 5.10 Å². The molecule has 7 nitrogen and oxygen atoms in total. The SMILES string of the molecule is CC(=O)NC(C)(C)CC(CC(C)(C)C)C1CCN(C(=O)[C@@H]2CC(N(C)Cc3ccnn3C)C[C@H]2c2ccc(F)cc2F)CC1. The van der Waals surface area contributed by atoms with E-state index >= 15 is 4.39 Å². The van der Waals surface area contributed by atoms with Crippen LogP contribution in [-0.4, -0.2) is 63.1 Å². The molecule has 4 rings (SSSR count). The Morgan fingerprint density at radius 2 is 1.75 bits per heavy atom. The molecule has 0 bridgehead atoms. The summed E-state index contributed by atoms with van der Waals surface area (Å²) in [6.07, 6.45) is 6.80. The van der Waals surface area contributed by atoms with Crippen LogP contribution in [0.2, 0.25) is 0 Å². The highest BCUT2D eigenvalue weighted by molar-refractivity contribution is 5.80.